The van der Waals surface area contributed by atoms with Crippen LogP contribution >= 0.6 is 11.6 Å². The van der Waals surface area contributed by atoms with Gasteiger partial charge in [0.05, 0.1) is 0 Å². The Morgan fingerprint density at radius 1 is 1.17 bits per heavy atom. The quantitative estimate of drug-likeness (QED) is 0.609. The van der Waals surface area contributed by atoms with E-state index in [1.54, 1.807) is 19.1 Å². The van der Waals surface area contributed by atoms with Crippen LogP contribution in [0.2, 0.25) is 0 Å². The lowest BCUT2D eigenvalue weighted by Crippen LogP contribution is -2.08. The topological polar surface area (TPSA) is 63.6 Å². The molecule has 0 saturated heterocycles. The second-order valence-corrected chi connectivity index (χ2v) is 5.69. The van der Waals surface area contributed by atoms with Gasteiger partial charge < -0.3 is 9.84 Å². The van der Waals surface area contributed by atoms with E-state index in [0.29, 0.717) is 11.1 Å². The zero-order chi connectivity index (χ0) is 17.7. The maximum absolute atomic E-state index is 11.5. The number of carbonyl (C=O) groups is 2. The molecule has 0 bridgehead atoms. The Hall–Kier alpha value is -2.59. The van der Waals surface area contributed by atoms with Gasteiger partial charge in [0.2, 0.25) is 5.24 Å². The number of carboxylic acid groups (broad SMARTS) is 1. The van der Waals surface area contributed by atoms with Gasteiger partial charge in [-0.1, -0.05) is 36.4 Å². The summed E-state index contributed by atoms with van der Waals surface area (Å²) in [6.07, 6.45) is 0.951. The van der Waals surface area contributed by atoms with Gasteiger partial charge in [-0.3, -0.25) is 4.79 Å². The van der Waals surface area contributed by atoms with Crippen molar-refractivity contribution in [2.24, 2.45) is 0 Å². The van der Waals surface area contributed by atoms with Gasteiger partial charge in [-0.2, -0.15) is 0 Å². The number of hydrogen-bond donors (Lipinski definition) is 1. The van der Waals surface area contributed by atoms with Crippen LogP contribution in [0.3, 0.4) is 0 Å². The van der Waals surface area contributed by atoms with Crippen molar-refractivity contribution < 1.29 is 19.4 Å². The zero-order valence-electron chi connectivity index (χ0n) is 13.3. The van der Waals surface area contributed by atoms with Crippen molar-refractivity contribution in [3.8, 4) is 5.75 Å². The first-order chi connectivity index (χ1) is 11.4. The largest absolute Gasteiger partial charge is 0.485 e. The highest BCUT2D eigenvalue weighted by Gasteiger charge is 2.16. The predicted molar refractivity (Wildman–Crippen MR) is 93.4 cm³/mol. The van der Waals surface area contributed by atoms with Crippen LogP contribution < -0.4 is 4.74 Å². The predicted octanol–water partition coefficient (Wildman–Crippen LogP) is 4.69. The molecule has 0 aliphatic heterocycles. The summed E-state index contributed by atoms with van der Waals surface area (Å²) in [6, 6.07) is 14.3. The molecule has 0 heterocycles. The highest BCUT2D eigenvalue weighted by molar-refractivity contribution is 6.67. The Balaban J connectivity index is 2.34. The number of carbonyl (C=O) groups excluding carboxylic acids is 1. The zero-order valence-corrected chi connectivity index (χ0v) is 14.1. The first kappa shape index (κ1) is 17.8. The highest BCUT2D eigenvalue weighted by Crippen LogP contribution is 2.28. The lowest BCUT2D eigenvalue weighted by atomic mass is 10.0. The number of benzene rings is 2. The second kappa shape index (κ2) is 7.79. The molecule has 0 aliphatic carbocycles. The Morgan fingerprint density at radius 3 is 2.42 bits per heavy atom. The number of ether oxygens (including phenoxy) is 1. The molecule has 24 heavy (non-hydrogen) atoms. The summed E-state index contributed by atoms with van der Waals surface area (Å²) in [5.74, 6) is -0.829. The van der Waals surface area contributed by atoms with Crippen LogP contribution in [0.5, 0.6) is 5.75 Å². The van der Waals surface area contributed by atoms with Crippen LogP contribution in [-0.2, 0) is 4.79 Å². The molecule has 2 aromatic rings. The van der Waals surface area contributed by atoms with Crippen LogP contribution in [0.25, 0.3) is 5.57 Å². The Bertz CT molecular complexity index is 781. The molecular weight excluding hydrogens is 328 g/mol. The van der Waals surface area contributed by atoms with Crippen LogP contribution in [-0.4, -0.2) is 16.3 Å². The first-order valence-corrected chi connectivity index (χ1v) is 7.73. The van der Waals surface area contributed by atoms with Crippen LogP contribution in [0.1, 0.15) is 41.4 Å². The van der Waals surface area contributed by atoms with Gasteiger partial charge in [0.1, 0.15) is 17.4 Å². The molecule has 5 heteroatoms. The second-order valence-electron chi connectivity index (χ2n) is 5.32. The summed E-state index contributed by atoms with van der Waals surface area (Å²) >= 11 is 5.34. The third kappa shape index (κ3) is 4.46. The van der Waals surface area contributed by atoms with E-state index >= 15 is 0 Å². The van der Waals surface area contributed by atoms with E-state index in [-0.39, 0.29) is 17.4 Å². The van der Waals surface area contributed by atoms with Gasteiger partial charge in [0.25, 0.3) is 0 Å². The molecule has 0 spiro atoms. The molecule has 2 aromatic carbocycles. The number of carboxylic acids is 1. The van der Waals surface area contributed by atoms with E-state index in [1.165, 1.54) is 12.1 Å². The average Bonchev–Trinajstić information content (AvgIpc) is 2.55. The SMILES string of the molecule is CC(=CC(=O)Cl)c1ccc(OC(C)c2ccccc2)c(C(=O)O)c1. The fraction of sp³-hybridized carbons (Fsp3) is 0.158. The lowest BCUT2D eigenvalue weighted by Gasteiger charge is -2.17. The molecule has 4 nitrogen and oxygen atoms in total. The monoisotopic (exact) mass is 344 g/mol. The highest BCUT2D eigenvalue weighted by atomic mass is 35.5. The maximum Gasteiger partial charge on any atom is 0.339 e. The number of hydrogen-bond acceptors (Lipinski definition) is 3. The molecule has 0 amide bonds. The number of halogens is 1. The van der Waals surface area contributed by atoms with Crippen LogP contribution in [0.4, 0.5) is 0 Å². The normalized spacial score (nSPS) is 12.5. The van der Waals surface area contributed by atoms with Crippen LogP contribution in [0, 0.1) is 0 Å². The van der Waals surface area contributed by atoms with Gasteiger partial charge in [-0.05, 0) is 54.3 Å². The lowest BCUT2D eigenvalue weighted by molar-refractivity contribution is -0.107. The van der Waals surface area contributed by atoms with Crippen molar-refractivity contribution in [3.63, 3.8) is 0 Å². The van der Waals surface area contributed by atoms with E-state index in [0.717, 1.165) is 5.56 Å². The summed E-state index contributed by atoms with van der Waals surface area (Å²) in [6.45, 7) is 3.54. The van der Waals surface area contributed by atoms with Gasteiger partial charge in [-0.15, -0.1) is 0 Å². The van der Waals surface area contributed by atoms with Gasteiger partial charge in [0, 0.05) is 6.08 Å². The Morgan fingerprint density at radius 2 is 1.83 bits per heavy atom. The maximum atomic E-state index is 11.5. The van der Waals surface area contributed by atoms with E-state index in [1.807, 2.05) is 37.3 Å². The van der Waals surface area contributed by atoms with Crippen molar-refractivity contribution in [2.45, 2.75) is 20.0 Å². The molecule has 1 atom stereocenters. The first-order valence-electron chi connectivity index (χ1n) is 7.35. The summed E-state index contributed by atoms with van der Waals surface area (Å²) in [5.41, 5.74) is 2.16. The number of allylic oxidation sites excluding steroid dienone is 2. The summed E-state index contributed by atoms with van der Waals surface area (Å²) in [5, 5.41) is 8.84. The molecule has 124 valence electrons. The van der Waals surface area contributed by atoms with Gasteiger partial charge in [0.15, 0.2) is 0 Å². The summed E-state index contributed by atoms with van der Waals surface area (Å²) in [7, 11) is 0. The molecule has 0 radical (unpaired) electrons. The molecule has 0 aliphatic rings. The number of rotatable bonds is 6. The molecule has 0 aromatic heterocycles. The van der Waals surface area contributed by atoms with Crippen LogP contribution in [0.15, 0.2) is 54.6 Å². The third-order valence-electron chi connectivity index (χ3n) is 3.57. The Kier molecular flexibility index (Phi) is 5.77. The smallest absolute Gasteiger partial charge is 0.339 e. The summed E-state index contributed by atoms with van der Waals surface area (Å²) in [4.78, 5) is 22.5. The summed E-state index contributed by atoms with van der Waals surface area (Å²) < 4.78 is 5.82. The standard InChI is InChI=1S/C19H17ClO4/c1-12(10-18(20)21)15-8-9-17(16(11-15)19(22)23)24-13(2)14-6-4-3-5-7-14/h3-11,13H,1-2H3,(H,22,23). The van der Waals surface area contributed by atoms with E-state index < -0.39 is 11.2 Å². The molecule has 2 rings (SSSR count). The van der Waals surface area contributed by atoms with E-state index in [4.69, 9.17) is 16.3 Å². The van der Waals surface area contributed by atoms with Crippen molar-refractivity contribution in [1.82, 2.24) is 0 Å². The van der Waals surface area contributed by atoms with Crippen molar-refractivity contribution in [3.05, 3.63) is 71.3 Å². The molecule has 0 fully saturated rings. The van der Waals surface area contributed by atoms with Gasteiger partial charge >= 0.3 is 5.97 Å². The molecule has 1 unspecified atom stereocenters. The number of aromatic carboxylic acids is 1. The van der Waals surface area contributed by atoms with Crippen molar-refractivity contribution in [1.29, 1.82) is 0 Å². The molecule has 0 saturated carbocycles. The van der Waals surface area contributed by atoms with Crippen molar-refractivity contribution >= 4 is 28.4 Å². The fourth-order valence-corrected chi connectivity index (χ4v) is 2.44. The fourth-order valence-electron chi connectivity index (χ4n) is 2.28. The van der Waals surface area contributed by atoms with E-state index in [2.05, 4.69) is 0 Å². The average molecular weight is 345 g/mol. The minimum absolute atomic E-state index is 0.0325. The minimum atomic E-state index is -1.10. The van der Waals surface area contributed by atoms with E-state index in [9.17, 15) is 14.7 Å². The molecule has 1 N–H and O–H groups in total. The van der Waals surface area contributed by atoms with Crippen molar-refractivity contribution in [2.75, 3.05) is 0 Å². The minimum Gasteiger partial charge on any atom is -0.485 e. The van der Waals surface area contributed by atoms with Gasteiger partial charge in [-0.25, -0.2) is 4.79 Å². The Labute approximate surface area is 145 Å². The molecular formula is C19H17ClO4. The third-order valence-corrected chi connectivity index (χ3v) is 3.68.